The summed E-state index contributed by atoms with van der Waals surface area (Å²) in [6.45, 7) is 6.47. The standard InChI is InChI=1S/C15H19FN4O/c1-15(2,3)20(10-12-4-6-13(16)7-5-12)14(21)11-19-9-8-17-18-19/h4-9H,10-11H2,1-3H3. The first-order valence-electron chi connectivity index (χ1n) is 6.75. The number of aromatic nitrogens is 3. The fraction of sp³-hybridized carbons (Fsp3) is 0.400. The Labute approximate surface area is 123 Å². The number of nitrogens with zero attached hydrogens (tertiary/aromatic N) is 4. The number of amides is 1. The Morgan fingerprint density at radius 2 is 1.95 bits per heavy atom. The van der Waals surface area contributed by atoms with Crippen molar-refractivity contribution in [2.75, 3.05) is 0 Å². The Morgan fingerprint density at radius 3 is 2.48 bits per heavy atom. The lowest BCUT2D eigenvalue weighted by Gasteiger charge is -2.36. The highest BCUT2D eigenvalue weighted by molar-refractivity contribution is 5.76. The number of rotatable bonds is 4. The van der Waals surface area contributed by atoms with Gasteiger partial charge in [0.2, 0.25) is 5.91 Å². The second-order valence-corrected chi connectivity index (χ2v) is 5.88. The average molecular weight is 290 g/mol. The first kappa shape index (κ1) is 15.2. The molecule has 1 aromatic carbocycles. The van der Waals surface area contributed by atoms with Crippen LogP contribution in [0.25, 0.3) is 0 Å². The Hall–Kier alpha value is -2.24. The molecule has 1 heterocycles. The van der Waals surface area contributed by atoms with E-state index in [0.717, 1.165) is 5.56 Å². The fourth-order valence-electron chi connectivity index (χ4n) is 2.01. The molecule has 0 saturated heterocycles. The molecule has 0 N–H and O–H groups in total. The SMILES string of the molecule is CC(C)(C)N(Cc1ccc(F)cc1)C(=O)Cn1ccnn1. The van der Waals surface area contributed by atoms with Gasteiger partial charge in [0.25, 0.3) is 0 Å². The summed E-state index contributed by atoms with van der Waals surface area (Å²) in [5, 5.41) is 7.50. The van der Waals surface area contributed by atoms with E-state index >= 15 is 0 Å². The van der Waals surface area contributed by atoms with Gasteiger partial charge in [-0.15, -0.1) is 5.10 Å². The molecule has 6 heteroatoms. The Morgan fingerprint density at radius 1 is 1.29 bits per heavy atom. The third kappa shape index (κ3) is 4.11. The molecule has 112 valence electrons. The predicted molar refractivity (Wildman–Crippen MR) is 76.7 cm³/mol. The van der Waals surface area contributed by atoms with Gasteiger partial charge in [-0.3, -0.25) is 4.79 Å². The molecule has 0 radical (unpaired) electrons. The number of hydrogen-bond acceptors (Lipinski definition) is 3. The van der Waals surface area contributed by atoms with Crippen molar-refractivity contribution in [1.29, 1.82) is 0 Å². The quantitative estimate of drug-likeness (QED) is 0.867. The van der Waals surface area contributed by atoms with Gasteiger partial charge in [-0.1, -0.05) is 17.3 Å². The molecule has 1 aromatic heterocycles. The van der Waals surface area contributed by atoms with Gasteiger partial charge in [-0.2, -0.15) is 0 Å². The van der Waals surface area contributed by atoms with Gasteiger partial charge in [-0.05, 0) is 38.5 Å². The predicted octanol–water partition coefficient (Wildman–Crippen LogP) is 2.24. The Bertz CT molecular complexity index is 587. The van der Waals surface area contributed by atoms with Crippen molar-refractivity contribution >= 4 is 5.91 Å². The molecule has 21 heavy (non-hydrogen) atoms. The second-order valence-electron chi connectivity index (χ2n) is 5.88. The van der Waals surface area contributed by atoms with Crippen molar-refractivity contribution in [1.82, 2.24) is 19.9 Å². The molecule has 2 aromatic rings. The summed E-state index contributed by atoms with van der Waals surface area (Å²) in [6.07, 6.45) is 3.19. The van der Waals surface area contributed by atoms with E-state index in [1.54, 1.807) is 23.2 Å². The van der Waals surface area contributed by atoms with Crippen LogP contribution in [0.15, 0.2) is 36.7 Å². The van der Waals surface area contributed by atoms with Crippen LogP contribution in [0.2, 0.25) is 0 Å². The summed E-state index contributed by atoms with van der Waals surface area (Å²) in [7, 11) is 0. The molecule has 1 amide bonds. The highest BCUT2D eigenvalue weighted by Gasteiger charge is 2.26. The normalized spacial score (nSPS) is 11.4. The van der Waals surface area contributed by atoms with Crippen molar-refractivity contribution in [3.63, 3.8) is 0 Å². The van der Waals surface area contributed by atoms with E-state index in [1.165, 1.54) is 23.0 Å². The highest BCUT2D eigenvalue weighted by atomic mass is 19.1. The monoisotopic (exact) mass is 290 g/mol. The minimum Gasteiger partial charge on any atom is -0.332 e. The van der Waals surface area contributed by atoms with Gasteiger partial charge in [0.05, 0.1) is 6.20 Å². The molecule has 0 unspecified atom stereocenters. The molecule has 0 spiro atoms. The second kappa shape index (κ2) is 6.03. The maximum atomic E-state index is 13.0. The van der Waals surface area contributed by atoms with E-state index in [1.807, 2.05) is 20.8 Å². The average Bonchev–Trinajstić information content (AvgIpc) is 2.89. The molecule has 0 fully saturated rings. The summed E-state index contributed by atoms with van der Waals surface area (Å²) in [4.78, 5) is 14.2. The molecular formula is C15H19FN4O. The number of halogens is 1. The molecule has 0 bridgehead atoms. The lowest BCUT2D eigenvalue weighted by atomic mass is 10.0. The smallest absolute Gasteiger partial charge is 0.245 e. The Balaban J connectivity index is 2.14. The molecule has 0 saturated carbocycles. The van der Waals surface area contributed by atoms with Gasteiger partial charge < -0.3 is 4.90 Å². The Kier molecular flexibility index (Phi) is 4.35. The highest BCUT2D eigenvalue weighted by Crippen LogP contribution is 2.18. The first-order valence-corrected chi connectivity index (χ1v) is 6.75. The summed E-state index contributed by atoms with van der Waals surface area (Å²) in [5.74, 6) is -0.340. The topological polar surface area (TPSA) is 51.0 Å². The number of carbonyl (C=O) groups excluding carboxylic acids is 1. The van der Waals surface area contributed by atoms with E-state index in [-0.39, 0.29) is 23.8 Å². The third-order valence-electron chi connectivity index (χ3n) is 3.13. The molecular weight excluding hydrogens is 271 g/mol. The summed E-state index contributed by atoms with van der Waals surface area (Å²) in [5.41, 5.74) is 0.546. The minimum absolute atomic E-state index is 0.0580. The zero-order chi connectivity index (χ0) is 15.5. The molecule has 5 nitrogen and oxygen atoms in total. The van der Waals surface area contributed by atoms with Gasteiger partial charge in [0.15, 0.2) is 0 Å². The van der Waals surface area contributed by atoms with E-state index in [4.69, 9.17) is 0 Å². The van der Waals surface area contributed by atoms with Crippen LogP contribution in [0.3, 0.4) is 0 Å². The summed E-state index contributed by atoms with van der Waals surface area (Å²) < 4.78 is 14.5. The van der Waals surface area contributed by atoms with Crippen LogP contribution in [0.5, 0.6) is 0 Å². The van der Waals surface area contributed by atoms with Crippen molar-refractivity contribution < 1.29 is 9.18 Å². The number of hydrogen-bond donors (Lipinski definition) is 0. The zero-order valence-electron chi connectivity index (χ0n) is 12.5. The molecule has 0 aliphatic rings. The lowest BCUT2D eigenvalue weighted by Crippen LogP contribution is -2.46. The van der Waals surface area contributed by atoms with Gasteiger partial charge in [-0.25, -0.2) is 9.07 Å². The van der Waals surface area contributed by atoms with Crippen molar-refractivity contribution in [3.8, 4) is 0 Å². The molecule has 0 aliphatic heterocycles. The van der Waals surface area contributed by atoms with Crippen molar-refractivity contribution in [2.24, 2.45) is 0 Å². The molecule has 2 rings (SSSR count). The van der Waals surface area contributed by atoms with E-state index in [2.05, 4.69) is 10.3 Å². The third-order valence-corrected chi connectivity index (χ3v) is 3.13. The van der Waals surface area contributed by atoms with Crippen LogP contribution in [0, 0.1) is 5.82 Å². The van der Waals surface area contributed by atoms with Crippen LogP contribution >= 0.6 is 0 Å². The van der Waals surface area contributed by atoms with E-state index in [0.29, 0.717) is 6.54 Å². The fourth-order valence-corrected chi connectivity index (χ4v) is 2.01. The van der Waals surface area contributed by atoms with Gasteiger partial charge >= 0.3 is 0 Å². The maximum Gasteiger partial charge on any atom is 0.245 e. The van der Waals surface area contributed by atoms with Crippen LogP contribution in [-0.4, -0.2) is 31.3 Å². The van der Waals surface area contributed by atoms with Crippen LogP contribution in [-0.2, 0) is 17.9 Å². The van der Waals surface area contributed by atoms with Crippen molar-refractivity contribution in [2.45, 2.75) is 39.4 Å². The van der Waals surface area contributed by atoms with E-state index < -0.39 is 0 Å². The van der Waals surface area contributed by atoms with E-state index in [9.17, 15) is 9.18 Å². The first-order chi connectivity index (χ1) is 9.86. The van der Waals surface area contributed by atoms with Crippen LogP contribution < -0.4 is 0 Å². The summed E-state index contributed by atoms with van der Waals surface area (Å²) >= 11 is 0. The number of carbonyl (C=O) groups is 1. The van der Waals surface area contributed by atoms with Crippen LogP contribution in [0.4, 0.5) is 4.39 Å². The maximum absolute atomic E-state index is 13.0. The minimum atomic E-state index is -0.341. The van der Waals surface area contributed by atoms with Gasteiger partial charge in [0.1, 0.15) is 12.4 Å². The van der Waals surface area contributed by atoms with Gasteiger partial charge in [0, 0.05) is 18.3 Å². The number of benzene rings is 1. The zero-order valence-corrected chi connectivity index (χ0v) is 12.5. The molecule has 0 aliphatic carbocycles. The largest absolute Gasteiger partial charge is 0.332 e. The summed E-state index contributed by atoms with van der Waals surface area (Å²) in [6, 6.07) is 6.18. The van der Waals surface area contributed by atoms with Crippen molar-refractivity contribution in [3.05, 3.63) is 48.0 Å². The lowest BCUT2D eigenvalue weighted by molar-refractivity contribution is -0.137. The molecule has 0 atom stereocenters. The van der Waals surface area contributed by atoms with Crippen LogP contribution in [0.1, 0.15) is 26.3 Å².